The number of aliphatic hydroxyl groups excluding tert-OH is 1. The Kier molecular flexibility index (Phi) is 9.29. The Morgan fingerprint density at radius 1 is 1.05 bits per heavy atom. The third kappa shape index (κ3) is 6.84. The van der Waals surface area contributed by atoms with Crippen molar-refractivity contribution in [3.05, 3.63) is 83.4 Å². The van der Waals surface area contributed by atoms with Crippen molar-refractivity contribution in [1.82, 2.24) is 9.21 Å². The van der Waals surface area contributed by atoms with Gasteiger partial charge in [0.05, 0.1) is 34.5 Å². The van der Waals surface area contributed by atoms with Gasteiger partial charge in [-0.3, -0.25) is 9.52 Å². The zero-order valence-corrected chi connectivity index (χ0v) is 25.2. The standard InChI is InChI=1S/C28H32ClN3O7S2/c1-19-16-32(20(2)18-33)28(34)25-15-22(30-40(35,36)23-7-5-4-6-8-23)11-14-26(25)39-27(19)17-31(3)41(37,38)24-12-9-21(29)10-13-24/h4-15,19-20,27,30,33H,16-18H2,1-3H3/t19-,20+,27+/m1/s1. The number of nitrogens with one attached hydrogen (secondary N) is 1. The molecule has 0 radical (unpaired) electrons. The van der Waals surface area contributed by atoms with E-state index in [1.54, 1.807) is 25.1 Å². The van der Waals surface area contributed by atoms with E-state index in [-0.39, 0.29) is 52.4 Å². The molecule has 0 spiro atoms. The van der Waals surface area contributed by atoms with Crippen molar-refractivity contribution in [3.8, 4) is 5.75 Å². The number of fused-ring (bicyclic) bond motifs is 1. The molecule has 41 heavy (non-hydrogen) atoms. The Morgan fingerprint density at radius 2 is 1.71 bits per heavy atom. The van der Waals surface area contributed by atoms with Crippen molar-refractivity contribution in [2.45, 2.75) is 35.8 Å². The van der Waals surface area contributed by atoms with Crippen LogP contribution in [0.1, 0.15) is 24.2 Å². The summed E-state index contributed by atoms with van der Waals surface area (Å²) in [7, 11) is -6.36. The number of carbonyl (C=O) groups is 1. The minimum atomic E-state index is -3.93. The van der Waals surface area contributed by atoms with Crippen LogP contribution in [-0.2, 0) is 20.0 Å². The number of likely N-dealkylation sites (N-methyl/N-ethyl adjacent to an activating group) is 1. The van der Waals surface area contributed by atoms with Crippen LogP contribution < -0.4 is 9.46 Å². The molecule has 10 nitrogen and oxygen atoms in total. The Labute approximate surface area is 245 Å². The van der Waals surface area contributed by atoms with E-state index in [0.29, 0.717) is 5.02 Å². The quantitative estimate of drug-likeness (QED) is 0.372. The lowest BCUT2D eigenvalue weighted by atomic mass is 9.99. The van der Waals surface area contributed by atoms with Crippen molar-refractivity contribution in [2.24, 2.45) is 5.92 Å². The fourth-order valence-corrected chi connectivity index (χ4v) is 6.84. The molecule has 0 aliphatic carbocycles. The minimum absolute atomic E-state index is 0.0382. The molecule has 0 aromatic heterocycles. The van der Waals surface area contributed by atoms with Gasteiger partial charge in [-0.05, 0) is 61.5 Å². The zero-order valence-electron chi connectivity index (χ0n) is 22.8. The van der Waals surface area contributed by atoms with Crippen LogP contribution in [0.3, 0.4) is 0 Å². The number of nitrogens with zero attached hydrogens (tertiary/aromatic N) is 2. The van der Waals surface area contributed by atoms with Gasteiger partial charge in [0.2, 0.25) is 10.0 Å². The van der Waals surface area contributed by atoms with Gasteiger partial charge in [0.1, 0.15) is 11.9 Å². The number of hydrogen-bond donors (Lipinski definition) is 2. The number of anilines is 1. The van der Waals surface area contributed by atoms with Crippen LogP contribution in [0.15, 0.2) is 82.6 Å². The SMILES string of the molecule is C[C@@H]1CN([C@@H](C)CO)C(=O)c2cc(NS(=O)(=O)c3ccccc3)ccc2O[C@H]1CN(C)S(=O)(=O)c1ccc(Cl)cc1. The van der Waals surface area contributed by atoms with E-state index in [4.69, 9.17) is 16.3 Å². The van der Waals surface area contributed by atoms with Crippen molar-refractivity contribution < 1.29 is 31.5 Å². The minimum Gasteiger partial charge on any atom is -0.488 e. The molecule has 3 aromatic carbocycles. The normalized spacial score (nSPS) is 18.7. The lowest BCUT2D eigenvalue weighted by Gasteiger charge is -2.38. The molecular formula is C28H32ClN3O7S2. The van der Waals surface area contributed by atoms with Gasteiger partial charge >= 0.3 is 0 Å². The highest BCUT2D eigenvalue weighted by atomic mass is 35.5. The van der Waals surface area contributed by atoms with E-state index in [1.807, 2.05) is 6.92 Å². The molecule has 1 amide bonds. The average molecular weight is 622 g/mol. The Morgan fingerprint density at radius 3 is 2.34 bits per heavy atom. The van der Waals surface area contributed by atoms with Crippen LogP contribution >= 0.6 is 11.6 Å². The number of carbonyl (C=O) groups excluding carboxylic acids is 1. The summed E-state index contributed by atoms with van der Waals surface area (Å²) in [5.74, 6) is -0.614. The van der Waals surface area contributed by atoms with E-state index in [1.165, 1.54) is 70.9 Å². The third-order valence-electron chi connectivity index (χ3n) is 6.93. The Hall–Kier alpha value is -3.16. The lowest BCUT2D eigenvalue weighted by Crippen LogP contribution is -2.50. The number of aliphatic hydroxyl groups is 1. The first-order chi connectivity index (χ1) is 19.3. The predicted molar refractivity (Wildman–Crippen MR) is 156 cm³/mol. The molecule has 0 saturated carbocycles. The zero-order chi connectivity index (χ0) is 29.9. The first-order valence-corrected chi connectivity index (χ1v) is 16.2. The van der Waals surface area contributed by atoms with E-state index < -0.39 is 38.1 Å². The second-order valence-corrected chi connectivity index (χ2v) is 14.2. The topological polar surface area (TPSA) is 133 Å². The molecule has 0 fully saturated rings. The third-order valence-corrected chi connectivity index (χ3v) is 10.4. The molecule has 3 aromatic rings. The molecule has 3 atom stereocenters. The lowest BCUT2D eigenvalue weighted by molar-refractivity contribution is 0.0387. The largest absolute Gasteiger partial charge is 0.488 e. The van der Waals surface area contributed by atoms with E-state index >= 15 is 0 Å². The summed E-state index contributed by atoms with van der Waals surface area (Å²) in [6.07, 6.45) is -0.686. The monoisotopic (exact) mass is 621 g/mol. The summed E-state index contributed by atoms with van der Waals surface area (Å²) in [5, 5.41) is 10.3. The van der Waals surface area contributed by atoms with Crippen LogP contribution in [0.5, 0.6) is 5.75 Å². The predicted octanol–water partition coefficient (Wildman–Crippen LogP) is 3.68. The van der Waals surface area contributed by atoms with Crippen molar-refractivity contribution in [3.63, 3.8) is 0 Å². The van der Waals surface area contributed by atoms with E-state index in [2.05, 4.69) is 4.72 Å². The summed E-state index contributed by atoms with van der Waals surface area (Å²) in [6.45, 7) is 3.36. The van der Waals surface area contributed by atoms with E-state index in [9.17, 15) is 26.7 Å². The first-order valence-electron chi connectivity index (χ1n) is 12.9. The number of benzene rings is 3. The molecule has 0 unspecified atom stereocenters. The van der Waals surface area contributed by atoms with Crippen molar-refractivity contribution >= 4 is 43.2 Å². The highest BCUT2D eigenvalue weighted by Gasteiger charge is 2.35. The summed E-state index contributed by atoms with van der Waals surface area (Å²) < 4.78 is 62.2. The number of ether oxygens (including phenoxy) is 1. The van der Waals surface area contributed by atoms with Gasteiger partial charge in [-0.1, -0.05) is 36.7 Å². The number of sulfonamides is 2. The van der Waals surface area contributed by atoms with Gasteiger partial charge in [-0.2, -0.15) is 4.31 Å². The van der Waals surface area contributed by atoms with Crippen LogP contribution in [0.4, 0.5) is 5.69 Å². The molecular weight excluding hydrogens is 590 g/mol. The molecule has 0 saturated heterocycles. The van der Waals surface area contributed by atoms with Gasteiger partial charge in [-0.15, -0.1) is 0 Å². The molecule has 0 bridgehead atoms. The molecule has 1 aliphatic heterocycles. The van der Waals surface area contributed by atoms with Gasteiger partial charge in [0.15, 0.2) is 0 Å². The fourth-order valence-electron chi connectivity index (χ4n) is 4.46. The van der Waals surface area contributed by atoms with Crippen LogP contribution in [0.25, 0.3) is 0 Å². The summed E-state index contributed by atoms with van der Waals surface area (Å²) in [5.41, 5.74) is 0.229. The molecule has 13 heteroatoms. The highest BCUT2D eigenvalue weighted by molar-refractivity contribution is 7.92. The number of halogens is 1. The molecule has 1 heterocycles. The number of amides is 1. The van der Waals surface area contributed by atoms with Crippen molar-refractivity contribution in [2.75, 3.05) is 31.5 Å². The summed E-state index contributed by atoms with van der Waals surface area (Å²) in [6, 6.07) is 17.4. The Bertz CT molecular complexity index is 1600. The maximum atomic E-state index is 13.7. The maximum Gasteiger partial charge on any atom is 0.261 e. The van der Waals surface area contributed by atoms with Gasteiger partial charge in [-0.25, -0.2) is 16.8 Å². The first kappa shape index (κ1) is 30.8. The van der Waals surface area contributed by atoms with Gasteiger partial charge in [0, 0.05) is 30.2 Å². The fraction of sp³-hybridized carbons (Fsp3) is 0.321. The van der Waals surface area contributed by atoms with Crippen LogP contribution in [0, 0.1) is 5.92 Å². The highest BCUT2D eigenvalue weighted by Crippen LogP contribution is 2.32. The van der Waals surface area contributed by atoms with E-state index in [0.717, 1.165) is 0 Å². The number of rotatable bonds is 9. The Balaban J connectivity index is 1.68. The smallest absolute Gasteiger partial charge is 0.261 e. The molecule has 4 rings (SSSR count). The second-order valence-electron chi connectivity index (χ2n) is 9.99. The van der Waals surface area contributed by atoms with Crippen molar-refractivity contribution in [1.29, 1.82) is 0 Å². The van der Waals surface area contributed by atoms with Gasteiger partial charge in [0.25, 0.3) is 15.9 Å². The summed E-state index contributed by atoms with van der Waals surface area (Å²) in [4.78, 5) is 15.3. The molecule has 220 valence electrons. The second kappa shape index (κ2) is 12.4. The van der Waals surface area contributed by atoms with Crippen LogP contribution in [0.2, 0.25) is 5.02 Å². The summed E-state index contributed by atoms with van der Waals surface area (Å²) >= 11 is 5.92. The molecule has 2 N–H and O–H groups in total. The van der Waals surface area contributed by atoms with Crippen LogP contribution in [-0.4, -0.2) is 75.9 Å². The average Bonchev–Trinajstić information content (AvgIpc) is 2.95. The molecule has 1 aliphatic rings. The van der Waals surface area contributed by atoms with Gasteiger partial charge < -0.3 is 14.7 Å². The number of hydrogen-bond acceptors (Lipinski definition) is 7. The maximum absolute atomic E-state index is 13.7.